The third-order valence-electron chi connectivity index (χ3n) is 3.38. The Morgan fingerprint density at radius 1 is 1.23 bits per heavy atom. The molecule has 1 aromatic heterocycles. The zero-order valence-corrected chi connectivity index (χ0v) is 15.9. The molecule has 0 unspecified atom stereocenters. The Labute approximate surface area is 156 Å². The van der Waals surface area contributed by atoms with Crippen molar-refractivity contribution in [1.29, 1.82) is 0 Å². The fourth-order valence-electron chi connectivity index (χ4n) is 2.17. The van der Waals surface area contributed by atoms with Crippen LogP contribution in [-0.2, 0) is 9.53 Å². The monoisotopic (exact) mass is 378 g/mol. The van der Waals surface area contributed by atoms with E-state index in [2.05, 4.69) is 10.3 Å². The van der Waals surface area contributed by atoms with Gasteiger partial charge in [-0.3, -0.25) is 4.79 Å². The van der Waals surface area contributed by atoms with Crippen molar-refractivity contribution in [2.24, 2.45) is 0 Å². The van der Waals surface area contributed by atoms with Crippen molar-refractivity contribution in [3.8, 4) is 11.5 Å². The van der Waals surface area contributed by atoms with Crippen molar-refractivity contribution in [3.05, 3.63) is 34.8 Å². The summed E-state index contributed by atoms with van der Waals surface area (Å²) in [7, 11) is 1.58. The molecular formula is C18H22N2O5S. The number of hydrogen-bond donors (Lipinski definition) is 1. The number of para-hydroxylation sites is 2. The van der Waals surface area contributed by atoms with Gasteiger partial charge in [-0.25, -0.2) is 9.78 Å². The van der Waals surface area contributed by atoms with E-state index in [1.807, 2.05) is 24.3 Å². The van der Waals surface area contributed by atoms with Gasteiger partial charge in [0.15, 0.2) is 16.6 Å². The number of hydrogen-bond acceptors (Lipinski definition) is 7. The second kappa shape index (κ2) is 9.76. The molecule has 1 heterocycles. The molecule has 1 aromatic carbocycles. The lowest BCUT2D eigenvalue weighted by atomic mass is 10.3. The highest BCUT2D eigenvalue weighted by molar-refractivity contribution is 7.17. The zero-order chi connectivity index (χ0) is 18.9. The van der Waals surface area contributed by atoms with Gasteiger partial charge in [0, 0.05) is 6.42 Å². The van der Waals surface area contributed by atoms with Crippen LogP contribution in [0.4, 0.5) is 5.13 Å². The van der Waals surface area contributed by atoms with Gasteiger partial charge >= 0.3 is 5.97 Å². The lowest BCUT2D eigenvalue weighted by Crippen LogP contribution is -2.12. The molecule has 0 aliphatic heterocycles. The number of nitrogens with zero attached hydrogens (tertiary/aromatic N) is 1. The number of esters is 1. The number of anilines is 1. The van der Waals surface area contributed by atoms with Crippen LogP contribution in [0.2, 0.25) is 0 Å². The molecule has 2 aromatic rings. The van der Waals surface area contributed by atoms with Crippen molar-refractivity contribution >= 4 is 28.3 Å². The lowest BCUT2D eigenvalue weighted by Gasteiger charge is -2.09. The van der Waals surface area contributed by atoms with Crippen LogP contribution in [0.3, 0.4) is 0 Å². The molecule has 0 saturated heterocycles. The highest BCUT2D eigenvalue weighted by Gasteiger charge is 2.17. The topological polar surface area (TPSA) is 86.8 Å². The Bertz CT molecular complexity index is 760. The van der Waals surface area contributed by atoms with Crippen LogP contribution in [0.25, 0.3) is 0 Å². The summed E-state index contributed by atoms with van der Waals surface area (Å²) in [5.41, 5.74) is 0.545. The number of benzene rings is 1. The number of aryl methyl sites for hydroxylation is 1. The van der Waals surface area contributed by atoms with Gasteiger partial charge < -0.3 is 19.5 Å². The standard InChI is InChI=1S/C18H22N2O5S/c1-4-24-17(22)16-12(2)19-18(26-16)20-15(21)10-7-11-25-14-9-6-5-8-13(14)23-3/h5-6,8-9H,4,7,10-11H2,1-3H3,(H,19,20,21). The first kappa shape index (κ1) is 19.7. The minimum atomic E-state index is -0.423. The molecular weight excluding hydrogens is 356 g/mol. The van der Waals surface area contributed by atoms with Gasteiger partial charge in [0.1, 0.15) is 4.88 Å². The summed E-state index contributed by atoms with van der Waals surface area (Å²) >= 11 is 1.11. The predicted octanol–water partition coefficient (Wildman–Crippen LogP) is 3.43. The first-order valence-corrected chi connectivity index (χ1v) is 9.07. The molecule has 0 spiro atoms. The largest absolute Gasteiger partial charge is 0.493 e. The average Bonchev–Trinajstić information content (AvgIpc) is 2.99. The predicted molar refractivity (Wildman–Crippen MR) is 99.2 cm³/mol. The van der Waals surface area contributed by atoms with E-state index in [0.29, 0.717) is 46.8 Å². The summed E-state index contributed by atoms with van der Waals surface area (Å²) in [4.78, 5) is 28.4. The van der Waals surface area contributed by atoms with E-state index < -0.39 is 5.97 Å². The molecule has 0 aliphatic rings. The maximum atomic E-state index is 12.0. The van der Waals surface area contributed by atoms with Gasteiger partial charge in [-0.1, -0.05) is 23.5 Å². The molecule has 1 amide bonds. The van der Waals surface area contributed by atoms with E-state index in [0.717, 1.165) is 11.3 Å². The van der Waals surface area contributed by atoms with Gasteiger partial charge in [0.2, 0.25) is 5.91 Å². The van der Waals surface area contributed by atoms with Crippen molar-refractivity contribution in [2.45, 2.75) is 26.7 Å². The lowest BCUT2D eigenvalue weighted by molar-refractivity contribution is -0.116. The average molecular weight is 378 g/mol. The first-order valence-electron chi connectivity index (χ1n) is 8.25. The molecule has 0 saturated carbocycles. The minimum absolute atomic E-state index is 0.183. The number of carbonyl (C=O) groups is 2. The quantitative estimate of drug-likeness (QED) is 0.531. The number of carbonyl (C=O) groups excluding carboxylic acids is 2. The molecule has 0 bridgehead atoms. The maximum Gasteiger partial charge on any atom is 0.350 e. The van der Waals surface area contributed by atoms with Crippen molar-refractivity contribution in [1.82, 2.24) is 4.98 Å². The first-order chi connectivity index (χ1) is 12.5. The van der Waals surface area contributed by atoms with E-state index in [1.54, 1.807) is 21.0 Å². The Morgan fingerprint density at radius 3 is 2.65 bits per heavy atom. The van der Waals surface area contributed by atoms with Crippen LogP contribution in [0, 0.1) is 6.92 Å². The van der Waals surface area contributed by atoms with Crippen LogP contribution >= 0.6 is 11.3 Å². The van der Waals surface area contributed by atoms with Crippen LogP contribution < -0.4 is 14.8 Å². The molecule has 7 nitrogen and oxygen atoms in total. The van der Waals surface area contributed by atoms with Crippen molar-refractivity contribution in [2.75, 3.05) is 25.6 Å². The van der Waals surface area contributed by atoms with Gasteiger partial charge in [0.25, 0.3) is 0 Å². The third-order valence-corrected chi connectivity index (χ3v) is 4.43. The Hall–Kier alpha value is -2.61. The molecule has 0 fully saturated rings. The number of ether oxygens (including phenoxy) is 3. The number of aromatic nitrogens is 1. The van der Waals surface area contributed by atoms with Crippen LogP contribution in [0.15, 0.2) is 24.3 Å². The molecule has 8 heteroatoms. The Morgan fingerprint density at radius 2 is 1.96 bits per heavy atom. The number of nitrogens with one attached hydrogen (secondary N) is 1. The molecule has 1 N–H and O–H groups in total. The fraction of sp³-hybridized carbons (Fsp3) is 0.389. The highest BCUT2D eigenvalue weighted by atomic mass is 32.1. The summed E-state index contributed by atoms with van der Waals surface area (Å²) in [6.45, 7) is 4.13. The minimum Gasteiger partial charge on any atom is -0.493 e. The maximum absolute atomic E-state index is 12.0. The van der Waals surface area contributed by atoms with Crippen LogP contribution in [0.1, 0.15) is 35.1 Å². The zero-order valence-electron chi connectivity index (χ0n) is 15.0. The Balaban J connectivity index is 1.79. The van der Waals surface area contributed by atoms with E-state index in [-0.39, 0.29) is 12.3 Å². The summed E-state index contributed by atoms with van der Waals surface area (Å²) in [6, 6.07) is 7.35. The van der Waals surface area contributed by atoms with E-state index in [9.17, 15) is 9.59 Å². The normalized spacial score (nSPS) is 10.3. The van der Waals surface area contributed by atoms with Crippen LogP contribution in [0.5, 0.6) is 11.5 Å². The van der Waals surface area contributed by atoms with E-state index in [4.69, 9.17) is 14.2 Å². The number of rotatable bonds is 9. The van der Waals surface area contributed by atoms with E-state index >= 15 is 0 Å². The van der Waals surface area contributed by atoms with Crippen molar-refractivity contribution < 1.29 is 23.8 Å². The highest BCUT2D eigenvalue weighted by Crippen LogP contribution is 2.26. The van der Waals surface area contributed by atoms with Gasteiger partial charge in [-0.15, -0.1) is 0 Å². The fourth-order valence-corrected chi connectivity index (χ4v) is 3.05. The number of thiazole rings is 1. The smallest absolute Gasteiger partial charge is 0.350 e. The third kappa shape index (κ3) is 5.45. The van der Waals surface area contributed by atoms with E-state index in [1.165, 1.54) is 0 Å². The summed E-state index contributed by atoms with van der Waals surface area (Å²) in [5.74, 6) is 0.692. The summed E-state index contributed by atoms with van der Waals surface area (Å²) in [6.07, 6.45) is 0.821. The van der Waals surface area contributed by atoms with Gasteiger partial charge in [-0.2, -0.15) is 0 Å². The van der Waals surface area contributed by atoms with Gasteiger partial charge in [0.05, 0.1) is 26.0 Å². The molecule has 0 radical (unpaired) electrons. The SMILES string of the molecule is CCOC(=O)c1sc(NC(=O)CCCOc2ccccc2OC)nc1C. The molecule has 26 heavy (non-hydrogen) atoms. The van der Waals surface area contributed by atoms with Crippen LogP contribution in [-0.4, -0.2) is 37.2 Å². The molecule has 140 valence electrons. The van der Waals surface area contributed by atoms with Gasteiger partial charge in [-0.05, 0) is 32.4 Å². The second-order valence-corrected chi connectivity index (χ2v) is 6.30. The molecule has 0 atom stereocenters. The molecule has 0 aliphatic carbocycles. The summed E-state index contributed by atoms with van der Waals surface area (Å²) < 4.78 is 15.8. The Kier molecular flexibility index (Phi) is 7.40. The van der Waals surface area contributed by atoms with Crippen molar-refractivity contribution in [3.63, 3.8) is 0 Å². The second-order valence-electron chi connectivity index (χ2n) is 5.31. The number of amides is 1. The number of methoxy groups -OCH3 is 1. The summed E-state index contributed by atoms with van der Waals surface area (Å²) in [5, 5.41) is 3.09. The molecule has 2 rings (SSSR count).